The summed E-state index contributed by atoms with van der Waals surface area (Å²) < 4.78 is 10.4. The molecule has 0 atom stereocenters. The highest BCUT2D eigenvalue weighted by Crippen LogP contribution is 2.25. The molecular formula is C16H20N2O2. The van der Waals surface area contributed by atoms with Crippen molar-refractivity contribution in [2.45, 2.75) is 6.54 Å². The zero-order chi connectivity index (χ0) is 14.5. The minimum atomic E-state index is 0.657. The number of nitrogens with two attached hydrogens (primary N) is 1. The van der Waals surface area contributed by atoms with Crippen LogP contribution >= 0.6 is 0 Å². The highest BCUT2D eigenvalue weighted by atomic mass is 16.5. The van der Waals surface area contributed by atoms with E-state index in [1.165, 1.54) is 0 Å². The Morgan fingerprint density at radius 2 is 1.85 bits per heavy atom. The predicted octanol–water partition coefficient (Wildman–Crippen LogP) is 2.92. The van der Waals surface area contributed by atoms with Gasteiger partial charge in [0.05, 0.1) is 19.9 Å². The average molecular weight is 272 g/mol. The van der Waals surface area contributed by atoms with Gasteiger partial charge >= 0.3 is 0 Å². The maximum atomic E-state index is 5.93. The lowest BCUT2D eigenvalue weighted by Gasteiger charge is -2.20. The Morgan fingerprint density at radius 1 is 1.05 bits per heavy atom. The highest BCUT2D eigenvalue weighted by Gasteiger charge is 2.06. The number of rotatable bonds is 5. The molecule has 0 amide bonds. The van der Waals surface area contributed by atoms with Crippen LogP contribution in [0.3, 0.4) is 0 Å². The summed E-state index contributed by atoms with van der Waals surface area (Å²) in [6.45, 7) is 0.765. The molecule has 0 unspecified atom stereocenters. The molecule has 2 aromatic carbocycles. The van der Waals surface area contributed by atoms with E-state index in [0.717, 1.165) is 23.5 Å². The van der Waals surface area contributed by atoms with E-state index in [4.69, 9.17) is 15.2 Å². The van der Waals surface area contributed by atoms with Crippen LogP contribution in [-0.2, 0) is 6.54 Å². The normalized spacial score (nSPS) is 10.2. The van der Waals surface area contributed by atoms with Crippen molar-refractivity contribution in [2.24, 2.45) is 0 Å². The first-order valence-corrected chi connectivity index (χ1v) is 6.41. The number of nitrogens with zero attached hydrogens (tertiary/aromatic N) is 1. The molecule has 0 heterocycles. The van der Waals surface area contributed by atoms with Crippen LogP contribution in [0.5, 0.6) is 11.5 Å². The molecule has 0 aliphatic carbocycles. The van der Waals surface area contributed by atoms with Crippen molar-refractivity contribution in [3.05, 3.63) is 48.0 Å². The zero-order valence-corrected chi connectivity index (χ0v) is 12.1. The Morgan fingerprint density at radius 3 is 2.50 bits per heavy atom. The van der Waals surface area contributed by atoms with Gasteiger partial charge in [-0.15, -0.1) is 0 Å². The predicted molar refractivity (Wildman–Crippen MR) is 82.5 cm³/mol. The third-order valence-corrected chi connectivity index (χ3v) is 3.21. The van der Waals surface area contributed by atoms with Gasteiger partial charge in [-0.1, -0.05) is 12.1 Å². The summed E-state index contributed by atoms with van der Waals surface area (Å²) >= 11 is 0. The Bertz CT molecular complexity index is 584. The molecule has 0 saturated carbocycles. The Labute approximate surface area is 119 Å². The number of nitrogen functional groups attached to an aromatic ring is 1. The summed E-state index contributed by atoms with van der Waals surface area (Å²) in [5, 5.41) is 0. The van der Waals surface area contributed by atoms with Crippen LogP contribution in [0.15, 0.2) is 42.5 Å². The van der Waals surface area contributed by atoms with Gasteiger partial charge in [-0.05, 0) is 29.8 Å². The first kappa shape index (κ1) is 14.1. The molecule has 2 aromatic rings. The van der Waals surface area contributed by atoms with Crippen molar-refractivity contribution in [3.8, 4) is 11.5 Å². The van der Waals surface area contributed by atoms with Crippen LogP contribution in [-0.4, -0.2) is 21.3 Å². The number of benzene rings is 2. The summed E-state index contributed by atoms with van der Waals surface area (Å²) in [5.41, 5.74) is 8.81. The van der Waals surface area contributed by atoms with E-state index in [0.29, 0.717) is 11.4 Å². The molecule has 0 aliphatic heterocycles. The lowest BCUT2D eigenvalue weighted by Crippen LogP contribution is -2.16. The van der Waals surface area contributed by atoms with Crippen LogP contribution in [0, 0.1) is 0 Å². The second-order valence-electron chi connectivity index (χ2n) is 4.63. The van der Waals surface area contributed by atoms with Crippen LogP contribution in [0.2, 0.25) is 0 Å². The topological polar surface area (TPSA) is 47.7 Å². The van der Waals surface area contributed by atoms with Gasteiger partial charge < -0.3 is 20.1 Å². The molecule has 0 fully saturated rings. The second kappa shape index (κ2) is 6.19. The number of hydrogen-bond donors (Lipinski definition) is 1. The SMILES string of the molecule is COc1cccc(N(C)Cc2ccc(OC)c(N)c2)c1. The molecule has 4 heteroatoms. The van der Waals surface area contributed by atoms with Crippen molar-refractivity contribution in [1.82, 2.24) is 0 Å². The van der Waals surface area contributed by atoms with E-state index in [1.54, 1.807) is 14.2 Å². The van der Waals surface area contributed by atoms with Crippen molar-refractivity contribution in [1.29, 1.82) is 0 Å². The smallest absolute Gasteiger partial charge is 0.141 e. The van der Waals surface area contributed by atoms with Gasteiger partial charge in [0.25, 0.3) is 0 Å². The second-order valence-corrected chi connectivity index (χ2v) is 4.63. The van der Waals surface area contributed by atoms with E-state index in [-0.39, 0.29) is 0 Å². The number of ether oxygens (including phenoxy) is 2. The van der Waals surface area contributed by atoms with Crippen LogP contribution in [0.4, 0.5) is 11.4 Å². The molecule has 0 saturated heterocycles. The van der Waals surface area contributed by atoms with Crippen molar-refractivity contribution < 1.29 is 9.47 Å². The monoisotopic (exact) mass is 272 g/mol. The van der Waals surface area contributed by atoms with Gasteiger partial charge in [-0.3, -0.25) is 0 Å². The summed E-state index contributed by atoms with van der Waals surface area (Å²) in [4.78, 5) is 2.14. The van der Waals surface area contributed by atoms with Crippen molar-refractivity contribution in [3.63, 3.8) is 0 Å². The molecule has 0 aromatic heterocycles. The van der Waals surface area contributed by atoms with Gasteiger partial charge in [0.1, 0.15) is 11.5 Å². The Kier molecular flexibility index (Phi) is 4.35. The molecular weight excluding hydrogens is 252 g/mol. The van der Waals surface area contributed by atoms with E-state index in [9.17, 15) is 0 Å². The molecule has 106 valence electrons. The molecule has 0 aliphatic rings. The molecule has 20 heavy (non-hydrogen) atoms. The van der Waals surface area contributed by atoms with Crippen molar-refractivity contribution >= 4 is 11.4 Å². The number of hydrogen-bond acceptors (Lipinski definition) is 4. The lowest BCUT2D eigenvalue weighted by atomic mass is 10.1. The molecule has 0 bridgehead atoms. The van der Waals surface area contributed by atoms with Crippen LogP contribution in [0.1, 0.15) is 5.56 Å². The minimum Gasteiger partial charge on any atom is -0.497 e. The first-order chi connectivity index (χ1) is 9.63. The quantitative estimate of drug-likeness (QED) is 0.850. The molecule has 2 rings (SSSR count). The Balaban J connectivity index is 2.14. The zero-order valence-electron chi connectivity index (χ0n) is 12.1. The summed E-state index contributed by atoms with van der Waals surface area (Å²) in [5.74, 6) is 1.56. The van der Waals surface area contributed by atoms with Gasteiger partial charge in [0, 0.05) is 25.3 Å². The van der Waals surface area contributed by atoms with E-state index < -0.39 is 0 Å². The maximum absolute atomic E-state index is 5.93. The largest absolute Gasteiger partial charge is 0.497 e. The fourth-order valence-corrected chi connectivity index (χ4v) is 2.10. The minimum absolute atomic E-state index is 0.657. The molecule has 0 spiro atoms. The molecule has 4 nitrogen and oxygen atoms in total. The highest BCUT2D eigenvalue weighted by molar-refractivity contribution is 5.56. The summed E-state index contributed by atoms with van der Waals surface area (Å²) in [6.07, 6.45) is 0. The fourth-order valence-electron chi connectivity index (χ4n) is 2.10. The molecule has 0 radical (unpaired) electrons. The van der Waals surface area contributed by atoms with E-state index in [2.05, 4.69) is 11.0 Å². The van der Waals surface area contributed by atoms with E-state index in [1.807, 2.05) is 43.4 Å². The van der Waals surface area contributed by atoms with Gasteiger partial charge in [-0.2, -0.15) is 0 Å². The number of anilines is 2. The van der Waals surface area contributed by atoms with Crippen molar-refractivity contribution in [2.75, 3.05) is 31.9 Å². The number of methoxy groups -OCH3 is 2. The third-order valence-electron chi connectivity index (χ3n) is 3.21. The van der Waals surface area contributed by atoms with Gasteiger partial charge in [-0.25, -0.2) is 0 Å². The van der Waals surface area contributed by atoms with Gasteiger partial charge in [0.15, 0.2) is 0 Å². The van der Waals surface area contributed by atoms with Gasteiger partial charge in [0.2, 0.25) is 0 Å². The standard InChI is InChI=1S/C16H20N2O2/c1-18(13-5-4-6-14(10-13)19-2)11-12-7-8-16(20-3)15(17)9-12/h4-10H,11,17H2,1-3H3. The maximum Gasteiger partial charge on any atom is 0.141 e. The van der Waals surface area contributed by atoms with E-state index >= 15 is 0 Å². The summed E-state index contributed by atoms with van der Waals surface area (Å²) in [7, 11) is 5.33. The summed E-state index contributed by atoms with van der Waals surface area (Å²) in [6, 6.07) is 13.8. The average Bonchev–Trinajstić information content (AvgIpc) is 2.47. The lowest BCUT2D eigenvalue weighted by molar-refractivity contribution is 0.415. The Hall–Kier alpha value is -2.36. The van der Waals surface area contributed by atoms with Crippen LogP contribution < -0.4 is 20.1 Å². The first-order valence-electron chi connectivity index (χ1n) is 6.41. The van der Waals surface area contributed by atoms with Crippen LogP contribution in [0.25, 0.3) is 0 Å². The fraction of sp³-hybridized carbons (Fsp3) is 0.250. The molecule has 2 N–H and O–H groups in total. The third kappa shape index (κ3) is 3.15.